The molecule has 0 aromatic heterocycles. The molecule has 1 aliphatic rings. The minimum absolute atomic E-state index is 0.194. The lowest BCUT2D eigenvalue weighted by atomic mass is 10.2. The van der Waals surface area contributed by atoms with Crippen LogP contribution in [0.1, 0.15) is 19.4 Å². The van der Waals surface area contributed by atoms with Crippen molar-refractivity contribution in [3.63, 3.8) is 0 Å². The van der Waals surface area contributed by atoms with Crippen molar-refractivity contribution < 1.29 is 17.9 Å². The zero-order chi connectivity index (χ0) is 14.3. The average molecular weight is 285 g/mol. The summed E-state index contributed by atoms with van der Waals surface area (Å²) in [5.41, 5.74) is 0.107. The fourth-order valence-corrected chi connectivity index (χ4v) is 3.79. The Kier molecular flexibility index (Phi) is 3.70. The molecule has 1 unspecified atom stereocenters. The molecule has 0 aliphatic carbocycles. The quantitative estimate of drug-likeness (QED) is 0.848. The van der Waals surface area contributed by atoms with Crippen molar-refractivity contribution in [2.75, 3.05) is 13.7 Å². The number of hydrogen-bond donors (Lipinski definition) is 0. The van der Waals surface area contributed by atoms with E-state index >= 15 is 0 Å². The van der Waals surface area contributed by atoms with E-state index in [0.29, 0.717) is 0 Å². The van der Waals surface area contributed by atoms with E-state index in [1.165, 1.54) is 11.4 Å². The van der Waals surface area contributed by atoms with Crippen LogP contribution in [0.2, 0.25) is 0 Å². The Morgan fingerprint density at radius 1 is 1.32 bits per heavy atom. The summed E-state index contributed by atoms with van der Waals surface area (Å²) < 4.78 is 37.2. The molecule has 1 aromatic rings. The molecule has 0 amide bonds. The maximum atomic E-state index is 12.6. The van der Waals surface area contributed by atoms with Crippen LogP contribution in [0, 0.1) is 6.92 Å². The number of benzene rings is 1. The number of hydrogen-bond acceptors (Lipinski definition) is 4. The Labute approximate surface area is 114 Å². The second-order valence-electron chi connectivity index (χ2n) is 5.08. The van der Waals surface area contributed by atoms with Crippen LogP contribution >= 0.6 is 0 Å². The van der Waals surface area contributed by atoms with Crippen molar-refractivity contribution in [3.05, 3.63) is 29.8 Å². The van der Waals surface area contributed by atoms with E-state index in [0.717, 1.165) is 5.56 Å². The molecule has 1 heterocycles. The maximum absolute atomic E-state index is 12.6. The van der Waals surface area contributed by atoms with Crippen molar-refractivity contribution in [2.24, 2.45) is 0 Å². The SMILES string of the molecule is COC1CN(S(=O)(=O)c2ccc(C)cc2)C(C)(C)O1. The van der Waals surface area contributed by atoms with Gasteiger partial charge in [-0.2, -0.15) is 4.31 Å². The van der Waals surface area contributed by atoms with Crippen LogP contribution in [0.25, 0.3) is 0 Å². The highest BCUT2D eigenvalue weighted by Gasteiger charge is 2.46. The normalized spacial score (nSPS) is 23.7. The molecule has 0 saturated carbocycles. The monoisotopic (exact) mass is 285 g/mol. The Morgan fingerprint density at radius 3 is 2.37 bits per heavy atom. The fraction of sp³-hybridized carbons (Fsp3) is 0.538. The molecule has 0 N–H and O–H groups in total. The van der Waals surface area contributed by atoms with E-state index in [4.69, 9.17) is 9.47 Å². The van der Waals surface area contributed by atoms with Crippen LogP contribution in [0.5, 0.6) is 0 Å². The molecule has 0 bridgehead atoms. The predicted octanol–water partition coefficient (Wildman–Crippen LogP) is 1.72. The summed E-state index contributed by atoms with van der Waals surface area (Å²) in [6, 6.07) is 6.79. The maximum Gasteiger partial charge on any atom is 0.245 e. The van der Waals surface area contributed by atoms with Crippen molar-refractivity contribution in [1.29, 1.82) is 0 Å². The van der Waals surface area contributed by atoms with Crippen LogP contribution in [0.3, 0.4) is 0 Å². The third-order valence-corrected chi connectivity index (χ3v) is 5.24. The highest BCUT2D eigenvalue weighted by atomic mass is 32.2. The van der Waals surface area contributed by atoms with Gasteiger partial charge in [0.05, 0.1) is 11.4 Å². The second kappa shape index (κ2) is 4.86. The van der Waals surface area contributed by atoms with Crippen LogP contribution in [0.4, 0.5) is 0 Å². The summed E-state index contributed by atoms with van der Waals surface area (Å²) >= 11 is 0. The second-order valence-corrected chi connectivity index (χ2v) is 6.94. The summed E-state index contributed by atoms with van der Waals surface area (Å²) in [6.07, 6.45) is -0.532. The molecule has 1 aliphatic heterocycles. The van der Waals surface area contributed by atoms with Crippen LogP contribution in [-0.2, 0) is 19.5 Å². The lowest BCUT2D eigenvalue weighted by Crippen LogP contribution is -2.43. The molecule has 106 valence electrons. The zero-order valence-electron chi connectivity index (χ0n) is 11.6. The molecule has 1 atom stereocenters. The number of sulfonamides is 1. The summed E-state index contributed by atoms with van der Waals surface area (Å²) in [5.74, 6) is 0. The van der Waals surface area contributed by atoms with Crippen LogP contribution in [-0.4, -0.2) is 38.4 Å². The van der Waals surface area contributed by atoms with Crippen molar-refractivity contribution in [3.8, 4) is 0 Å². The zero-order valence-corrected chi connectivity index (χ0v) is 12.4. The first-order chi connectivity index (χ1) is 8.77. The Hall–Kier alpha value is -0.950. The van der Waals surface area contributed by atoms with Gasteiger partial charge in [-0.1, -0.05) is 17.7 Å². The minimum atomic E-state index is -3.58. The topological polar surface area (TPSA) is 55.8 Å². The van der Waals surface area contributed by atoms with Crippen LogP contribution in [0.15, 0.2) is 29.2 Å². The van der Waals surface area contributed by atoms with Gasteiger partial charge in [-0.3, -0.25) is 0 Å². The first kappa shape index (κ1) is 14.5. The van der Waals surface area contributed by atoms with Gasteiger partial charge in [-0.25, -0.2) is 8.42 Å². The van der Waals surface area contributed by atoms with Gasteiger partial charge in [0.2, 0.25) is 10.0 Å². The molecule has 0 radical (unpaired) electrons. The van der Waals surface area contributed by atoms with Crippen LogP contribution < -0.4 is 0 Å². The Balaban J connectivity index is 2.37. The highest BCUT2D eigenvalue weighted by Crippen LogP contribution is 2.32. The van der Waals surface area contributed by atoms with E-state index in [1.807, 2.05) is 6.92 Å². The van der Waals surface area contributed by atoms with E-state index in [2.05, 4.69) is 0 Å². The van der Waals surface area contributed by atoms with Gasteiger partial charge in [-0.05, 0) is 32.9 Å². The summed E-state index contributed by atoms with van der Waals surface area (Å²) in [5, 5.41) is 0. The standard InChI is InChI=1S/C13H19NO4S/c1-10-5-7-11(8-6-10)19(15,16)14-9-12(17-4)18-13(14,2)3/h5-8,12H,9H2,1-4H3. The largest absolute Gasteiger partial charge is 0.354 e. The van der Waals surface area contributed by atoms with Gasteiger partial charge >= 0.3 is 0 Å². The number of methoxy groups -OCH3 is 1. The molecule has 1 aromatic carbocycles. The lowest BCUT2D eigenvalue weighted by Gasteiger charge is -2.28. The van der Waals surface area contributed by atoms with E-state index in [1.54, 1.807) is 38.1 Å². The Bertz CT molecular complexity index is 551. The molecule has 2 rings (SSSR count). The molecular weight excluding hydrogens is 266 g/mol. The molecule has 19 heavy (non-hydrogen) atoms. The highest BCUT2D eigenvalue weighted by molar-refractivity contribution is 7.89. The number of ether oxygens (including phenoxy) is 2. The number of rotatable bonds is 3. The molecule has 1 fully saturated rings. The molecule has 6 heteroatoms. The van der Waals surface area contributed by atoms with Gasteiger partial charge in [0, 0.05) is 7.11 Å². The van der Waals surface area contributed by atoms with Gasteiger partial charge < -0.3 is 9.47 Å². The molecule has 5 nitrogen and oxygen atoms in total. The van der Waals surface area contributed by atoms with E-state index < -0.39 is 22.0 Å². The van der Waals surface area contributed by atoms with Gasteiger partial charge in [-0.15, -0.1) is 0 Å². The van der Waals surface area contributed by atoms with Crippen molar-refractivity contribution in [2.45, 2.75) is 37.7 Å². The molecule has 0 spiro atoms. The third-order valence-electron chi connectivity index (χ3n) is 3.21. The van der Waals surface area contributed by atoms with Crippen molar-refractivity contribution >= 4 is 10.0 Å². The summed E-state index contributed by atoms with van der Waals surface area (Å²) in [4.78, 5) is 0.270. The minimum Gasteiger partial charge on any atom is -0.354 e. The van der Waals surface area contributed by atoms with Gasteiger partial charge in [0.25, 0.3) is 0 Å². The average Bonchev–Trinajstić information content (AvgIpc) is 2.65. The summed E-state index contributed by atoms with van der Waals surface area (Å²) in [7, 11) is -2.08. The Morgan fingerprint density at radius 2 is 1.89 bits per heavy atom. The number of aryl methyl sites for hydroxylation is 1. The molecule has 1 saturated heterocycles. The third kappa shape index (κ3) is 2.67. The van der Waals surface area contributed by atoms with E-state index in [9.17, 15) is 8.42 Å². The first-order valence-corrected chi connectivity index (χ1v) is 7.51. The first-order valence-electron chi connectivity index (χ1n) is 6.07. The number of nitrogens with zero attached hydrogens (tertiary/aromatic N) is 1. The van der Waals surface area contributed by atoms with E-state index in [-0.39, 0.29) is 11.4 Å². The van der Waals surface area contributed by atoms with Gasteiger partial charge in [0.1, 0.15) is 5.72 Å². The summed E-state index contributed by atoms with van der Waals surface area (Å²) in [6.45, 7) is 5.55. The fourth-order valence-electron chi connectivity index (χ4n) is 2.12. The van der Waals surface area contributed by atoms with Gasteiger partial charge in [0.15, 0.2) is 6.29 Å². The predicted molar refractivity (Wildman–Crippen MR) is 71.0 cm³/mol. The molecular formula is C13H19NO4S. The smallest absolute Gasteiger partial charge is 0.245 e. The lowest BCUT2D eigenvalue weighted by molar-refractivity contribution is -0.148. The van der Waals surface area contributed by atoms with Crippen molar-refractivity contribution in [1.82, 2.24) is 4.31 Å².